The van der Waals surface area contributed by atoms with Crippen LogP contribution in [0.15, 0.2) is 66.9 Å². The first kappa shape index (κ1) is 16.6. The first-order valence-corrected chi connectivity index (χ1v) is 9.25. The molecule has 0 amide bonds. The minimum absolute atomic E-state index is 0.284. The number of ether oxygens (including phenoxy) is 1. The maximum atomic E-state index is 13.2. The van der Waals surface area contributed by atoms with Gasteiger partial charge in [0.15, 0.2) is 0 Å². The first-order chi connectivity index (χ1) is 11.5. The Balaban J connectivity index is 1.95. The summed E-state index contributed by atoms with van der Waals surface area (Å²) in [5, 5.41) is 0.519. The van der Waals surface area contributed by atoms with Gasteiger partial charge in [0.1, 0.15) is 17.3 Å². The summed E-state index contributed by atoms with van der Waals surface area (Å²) in [6.07, 6.45) is 1.87. The van der Waals surface area contributed by atoms with Crippen LogP contribution in [0.1, 0.15) is 19.4 Å². The Morgan fingerprint density at radius 2 is 1.92 bits per heavy atom. The SMILES string of the molecule is C=C1C=C(C)c2ccc(OP(=O)(OCC)c3ccccc3)cc2O1. The number of benzene rings is 2. The van der Waals surface area contributed by atoms with E-state index in [0.717, 1.165) is 11.1 Å². The van der Waals surface area contributed by atoms with Crippen LogP contribution in [0, 0.1) is 0 Å². The molecule has 0 saturated carbocycles. The molecule has 1 heterocycles. The van der Waals surface area contributed by atoms with Crippen molar-refractivity contribution in [3.63, 3.8) is 0 Å². The fraction of sp³-hybridized carbons (Fsp3) is 0.158. The zero-order valence-corrected chi connectivity index (χ0v) is 14.6. The quantitative estimate of drug-likeness (QED) is 0.723. The van der Waals surface area contributed by atoms with Crippen LogP contribution in [0.3, 0.4) is 0 Å². The molecule has 0 spiro atoms. The molecule has 1 aliphatic heterocycles. The van der Waals surface area contributed by atoms with Gasteiger partial charge in [0.05, 0.1) is 11.9 Å². The van der Waals surface area contributed by atoms with E-state index in [1.807, 2.05) is 25.1 Å². The molecule has 1 unspecified atom stereocenters. The third kappa shape index (κ3) is 3.30. The second-order valence-electron chi connectivity index (χ2n) is 5.40. The molecule has 0 aliphatic carbocycles. The summed E-state index contributed by atoms with van der Waals surface area (Å²) < 4.78 is 30.0. The number of allylic oxidation sites excluding steroid dienone is 2. The van der Waals surface area contributed by atoms with Crippen molar-refractivity contribution in [1.29, 1.82) is 0 Å². The first-order valence-electron chi connectivity index (χ1n) is 7.71. The van der Waals surface area contributed by atoms with Gasteiger partial charge in [-0.1, -0.05) is 24.8 Å². The molecule has 0 radical (unpaired) electrons. The Kier molecular flexibility index (Phi) is 4.61. The van der Waals surface area contributed by atoms with Gasteiger partial charge in [-0.2, -0.15) is 0 Å². The number of rotatable bonds is 5. The van der Waals surface area contributed by atoms with E-state index in [4.69, 9.17) is 13.8 Å². The molecular weight excluding hydrogens is 323 g/mol. The number of hydrogen-bond acceptors (Lipinski definition) is 4. The molecule has 0 aromatic heterocycles. The topological polar surface area (TPSA) is 44.8 Å². The standard InChI is InChI=1S/C19H19O4P/c1-4-21-24(20,17-8-6-5-7-9-17)23-16-10-11-18-14(2)12-15(3)22-19(18)13-16/h5-13H,3-4H2,1-2H3. The minimum Gasteiger partial charge on any atom is -0.457 e. The van der Waals surface area contributed by atoms with E-state index in [9.17, 15) is 4.57 Å². The average Bonchev–Trinajstić information content (AvgIpc) is 2.55. The van der Waals surface area contributed by atoms with Gasteiger partial charge in [-0.25, -0.2) is 4.57 Å². The maximum absolute atomic E-state index is 13.2. The van der Waals surface area contributed by atoms with Crippen molar-refractivity contribution in [1.82, 2.24) is 0 Å². The highest BCUT2D eigenvalue weighted by Crippen LogP contribution is 2.48. The summed E-state index contributed by atoms with van der Waals surface area (Å²) >= 11 is 0. The highest BCUT2D eigenvalue weighted by atomic mass is 31.2. The van der Waals surface area contributed by atoms with Gasteiger partial charge in [0.25, 0.3) is 0 Å². The van der Waals surface area contributed by atoms with E-state index in [1.54, 1.807) is 43.3 Å². The molecule has 3 rings (SSSR count). The van der Waals surface area contributed by atoms with E-state index < -0.39 is 7.60 Å². The molecule has 4 nitrogen and oxygen atoms in total. The van der Waals surface area contributed by atoms with Crippen LogP contribution in [0.2, 0.25) is 0 Å². The monoisotopic (exact) mass is 342 g/mol. The Morgan fingerprint density at radius 3 is 2.62 bits per heavy atom. The van der Waals surface area contributed by atoms with Crippen LogP contribution in [0.25, 0.3) is 5.57 Å². The molecular formula is C19H19O4P. The van der Waals surface area contributed by atoms with Crippen LogP contribution in [0.5, 0.6) is 11.5 Å². The molecule has 5 heteroatoms. The molecule has 0 N–H and O–H groups in total. The lowest BCUT2D eigenvalue weighted by Gasteiger charge is -2.21. The lowest BCUT2D eigenvalue weighted by molar-refractivity contribution is 0.289. The minimum atomic E-state index is -3.45. The van der Waals surface area contributed by atoms with Crippen molar-refractivity contribution in [2.24, 2.45) is 0 Å². The van der Waals surface area contributed by atoms with Gasteiger partial charge in [0, 0.05) is 11.6 Å². The van der Waals surface area contributed by atoms with Gasteiger partial charge in [0.2, 0.25) is 0 Å². The maximum Gasteiger partial charge on any atom is 0.410 e. The molecule has 0 saturated heterocycles. The molecule has 124 valence electrons. The molecule has 24 heavy (non-hydrogen) atoms. The van der Waals surface area contributed by atoms with E-state index in [1.165, 1.54) is 0 Å². The van der Waals surface area contributed by atoms with Crippen LogP contribution in [-0.2, 0) is 9.09 Å². The van der Waals surface area contributed by atoms with Crippen molar-refractivity contribution in [2.45, 2.75) is 13.8 Å². The van der Waals surface area contributed by atoms with E-state index >= 15 is 0 Å². The van der Waals surface area contributed by atoms with Crippen LogP contribution < -0.4 is 14.6 Å². The zero-order chi connectivity index (χ0) is 17.2. The van der Waals surface area contributed by atoms with E-state index in [2.05, 4.69) is 6.58 Å². The highest BCUT2D eigenvalue weighted by molar-refractivity contribution is 7.62. The summed E-state index contributed by atoms with van der Waals surface area (Å²) in [5.41, 5.74) is 2.02. The molecule has 1 aliphatic rings. The Bertz CT molecular complexity index is 840. The van der Waals surface area contributed by atoms with E-state index in [-0.39, 0.29) is 6.61 Å². The fourth-order valence-electron chi connectivity index (χ4n) is 2.53. The van der Waals surface area contributed by atoms with Crippen LogP contribution >= 0.6 is 7.60 Å². The Hall–Kier alpha value is -2.29. The summed E-state index contributed by atoms with van der Waals surface area (Å²) in [4.78, 5) is 0. The Labute approximate surface area is 141 Å². The lowest BCUT2D eigenvalue weighted by Crippen LogP contribution is -2.12. The molecule has 2 aromatic rings. The highest BCUT2D eigenvalue weighted by Gasteiger charge is 2.29. The molecule has 0 bridgehead atoms. The van der Waals surface area contributed by atoms with Crippen LogP contribution in [0.4, 0.5) is 0 Å². The molecule has 2 aromatic carbocycles. The third-order valence-corrected chi connectivity index (χ3v) is 5.57. The van der Waals surface area contributed by atoms with Crippen molar-refractivity contribution in [2.75, 3.05) is 6.61 Å². The largest absolute Gasteiger partial charge is 0.457 e. The summed E-state index contributed by atoms with van der Waals surface area (Å²) in [7, 11) is -3.45. The van der Waals surface area contributed by atoms with Gasteiger partial charge >= 0.3 is 7.60 Å². The average molecular weight is 342 g/mol. The van der Waals surface area contributed by atoms with Crippen LogP contribution in [-0.4, -0.2) is 6.61 Å². The third-order valence-electron chi connectivity index (χ3n) is 3.59. The Morgan fingerprint density at radius 1 is 1.17 bits per heavy atom. The second kappa shape index (κ2) is 6.68. The number of hydrogen-bond donors (Lipinski definition) is 0. The van der Waals surface area contributed by atoms with Crippen molar-refractivity contribution < 1.29 is 18.3 Å². The van der Waals surface area contributed by atoms with E-state index in [0.29, 0.717) is 22.6 Å². The zero-order valence-electron chi connectivity index (χ0n) is 13.7. The normalized spacial score (nSPS) is 15.8. The van der Waals surface area contributed by atoms with Gasteiger partial charge < -0.3 is 9.26 Å². The number of fused-ring (bicyclic) bond motifs is 1. The van der Waals surface area contributed by atoms with Gasteiger partial charge in [-0.05, 0) is 49.8 Å². The van der Waals surface area contributed by atoms with Gasteiger partial charge in [-0.15, -0.1) is 0 Å². The summed E-state index contributed by atoms with van der Waals surface area (Å²) in [5.74, 6) is 1.62. The predicted octanol–water partition coefficient (Wildman–Crippen LogP) is 4.93. The van der Waals surface area contributed by atoms with Crippen molar-refractivity contribution in [3.8, 4) is 11.5 Å². The lowest BCUT2D eigenvalue weighted by atomic mass is 10.0. The predicted molar refractivity (Wildman–Crippen MR) is 95.8 cm³/mol. The van der Waals surface area contributed by atoms with Crippen molar-refractivity contribution >= 4 is 18.5 Å². The molecule has 1 atom stereocenters. The summed E-state index contributed by atoms with van der Waals surface area (Å²) in [6, 6.07) is 14.3. The summed E-state index contributed by atoms with van der Waals surface area (Å²) in [6.45, 7) is 7.88. The second-order valence-corrected chi connectivity index (χ2v) is 7.35. The fourth-order valence-corrected chi connectivity index (χ4v) is 4.11. The van der Waals surface area contributed by atoms with Gasteiger partial charge in [-0.3, -0.25) is 4.52 Å². The smallest absolute Gasteiger partial charge is 0.410 e. The molecule has 0 fully saturated rings. The van der Waals surface area contributed by atoms with Crippen molar-refractivity contribution in [3.05, 3.63) is 72.5 Å².